The minimum absolute atomic E-state index is 0.0600. The molecule has 3 N–H and O–H groups in total. The zero-order valence-electron chi connectivity index (χ0n) is 15.7. The van der Waals surface area contributed by atoms with Crippen LogP contribution in [-0.4, -0.2) is 10.2 Å². The van der Waals surface area contributed by atoms with Gasteiger partial charge < -0.3 is 10.5 Å². The van der Waals surface area contributed by atoms with Gasteiger partial charge in [-0.3, -0.25) is 5.10 Å². The van der Waals surface area contributed by atoms with Crippen LogP contribution >= 0.6 is 0 Å². The Balaban J connectivity index is 1.83. The van der Waals surface area contributed by atoms with Crippen LogP contribution in [0.5, 0.6) is 5.75 Å². The minimum atomic E-state index is -0.0600. The maximum absolute atomic E-state index is 6.38. The molecule has 4 heteroatoms. The maximum atomic E-state index is 6.38. The van der Waals surface area contributed by atoms with Gasteiger partial charge in [0, 0.05) is 11.3 Å². The Morgan fingerprint density at radius 3 is 2.46 bits per heavy atom. The Hall–Kier alpha value is -2.75. The number of hydrogen-bond acceptors (Lipinski definition) is 3. The Bertz CT molecular complexity index is 839. The molecular weight excluding hydrogens is 322 g/mol. The van der Waals surface area contributed by atoms with E-state index < -0.39 is 0 Å². The largest absolute Gasteiger partial charge is 0.484 e. The molecular formula is C22H27N3O. The summed E-state index contributed by atoms with van der Waals surface area (Å²) < 4.78 is 6.38. The number of benzene rings is 2. The molecule has 0 bridgehead atoms. The second-order valence-corrected chi connectivity index (χ2v) is 6.69. The van der Waals surface area contributed by atoms with Crippen molar-refractivity contribution in [2.24, 2.45) is 0 Å². The Labute approximate surface area is 155 Å². The van der Waals surface area contributed by atoms with Gasteiger partial charge in [0.15, 0.2) is 0 Å². The molecule has 0 aliphatic rings. The number of hydrogen-bond donors (Lipinski definition) is 2. The number of rotatable bonds is 7. The fraction of sp³-hybridized carbons (Fsp3) is 0.318. The summed E-state index contributed by atoms with van der Waals surface area (Å²) in [4.78, 5) is 0. The average molecular weight is 349 g/mol. The number of aromatic amines is 1. The Kier molecular flexibility index (Phi) is 5.61. The summed E-state index contributed by atoms with van der Waals surface area (Å²) >= 11 is 0. The summed E-state index contributed by atoms with van der Waals surface area (Å²) in [7, 11) is 0. The van der Waals surface area contributed by atoms with Crippen molar-refractivity contribution in [2.45, 2.75) is 45.6 Å². The molecule has 3 rings (SSSR count). The van der Waals surface area contributed by atoms with Crippen LogP contribution in [0.15, 0.2) is 54.6 Å². The molecule has 0 fully saturated rings. The third kappa shape index (κ3) is 3.90. The fourth-order valence-corrected chi connectivity index (χ4v) is 3.04. The summed E-state index contributed by atoms with van der Waals surface area (Å²) in [5, 5.41) is 7.60. The van der Waals surface area contributed by atoms with Crippen molar-refractivity contribution in [3.63, 3.8) is 0 Å². The van der Waals surface area contributed by atoms with Crippen LogP contribution in [0, 0.1) is 0 Å². The number of nitrogen functional groups attached to an aromatic ring is 1. The number of nitrogens with one attached hydrogen (secondary N) is 1. The number of aromatic nitrogens is 2. The Morgan fingerprint density at radius 2 is 1.77 bits per heavy atom. The van der Waals surface area contributed by atoms with E-state index in [1.54, 1.807) is 0 Å². The SMILES string of the molecule is CCC(C)c1ccccc1OC(CC)c1cc(-c2ccc(N)cc2)n[nH]1. The summed E-state index contributed by atoms with van der Waals surface area (Å²) in [6.45, 7) is 6.56. The van der Waals surface area contributed by atoms with Crippen molar-refractivity contribution in [1.29, 1.82) is 0 Å². The Morgan fingerprint density at radius 1 is 1.04 bits per heavy atom. The molecule has 0 radical (unpaired) electrons. The van der Waals surface area contributed by atoms with Crippen molar-refractivity contribution in [1.82, 2.24) is 10.2 Å². The van der Waals surface area contributed by atoms with E-state index in [2.05, 4.69) is 55.2 Å². The lowest BCUT2D eigenvalue weighted by Gasteiger charge is -2.21. The maximum Gasteiger partial charge on any atom is 0.140 e. The zero-order valence-corrected chi connectivity index (χ0v) is 15.7. The van der Waals surface area contributed by atoms with E-state index in [0.29, 0.717) is 5.92 Å². The highest BCUT2D eigenvalue weighted by Gasteiger charge is 2.18. The summed E-state index contributed by atoms with van der Waals surface area (Å²) in [5.74, 6) is 1.42. The van der Waals surface area contributed by atoms with Crippen molar-refractivity contribution >= 4 is 5.69 Å². The van der Waals surface area contributed by atoms with Crippen LogP contribution in [0.25, 0.3) is 11.3 Å². The van der Waals surface area contributed by atoms with Crippen LogP contribution in [0.2, 0.25) is 0 Å². The third-order valence-corrected chi connectivity index (χ3v) is 4.85. The van der Waals surface area contributed by atoms with E-state index in [9.17, 15) is 0 Å². The van der Waals surface area contributed by atoms with Gasteiger partial charge in [-0.2, -0.15) is 5.10 Å². The van der Waals surface area contributed by atoms with Gasteiger partial charge in [0.25, 0.3) is 0 Å². The highest BCUT2D eigenvalue weighted by molar-refractivity contribution is 5.62. The van der Waals surface area contributed by atoms with E-state index in [-0.39, 0.29) is 6.10 Å². The number of anilines is 1. The van der Waals surface area contributed by atoms with Gasteiger partial charge in [0.2, 0.25) is 0 Å². The second-order valence-electron chi connectivity index (χ2n) is 6.69. The standard InChI is InChI=1S/C22H27N3O/c1-4-15(3)18-8-6-7-9-22(18)26-21(5-2)20-14-19(24-25-20)16-10-12-17(23)13-11-16/h6-15,21H,4-5,23H2,1-3H3,(H,24,25). The van der Waals surface area contributed by atoms with Crippen LogP contribution in [0.1, 0.15) is 56.9 Å². The third-order valence-electron chi connectivity index (χ3n) is 4.85. The molecule has 0 saturated carbocycles. The van der Waals surface area contributed by atoms with Gasteiger partial charge in [-0.15, -0.1) is 0 Å². The summed E-state index contributed by atoms with van der Waals surface area (Å²) in [6, 6.07) is 18.1. The van der Waals surface area contributed by atoms with Crippen molar-refractivity contribution in [3.05, 3.63) is 65.9 Å². The van der Waals surface area contributed by atoms with E-state index in [0.717, 1.165) is 41.2 Å². The minimum Gasteiger partial charge on any atom is -0.484 e. The first-order valence-electron chi connectivity index (χ1n) is 9.29. The first kappa shape index (κ1) is 18.1. The normalized spacial score (nSPS) is 13.3. The lowest BCUT2D eigenvalue weighted by molar-refractivity contribution is 0.193. The van der Waals surface area contributed by atoms with Crippen molar-refractivity contribution < 1.29 is 4.74 Å². The highest BCUT2D eigenvalue weighted by Crippen LogP contribution is 2.33. The summed E-state index contributed by atoms with van der Waals surface area (Å²) in [5.41, 5.74) is 10.7. The molecule has 3 aromatic rings. The monoisotopic (exact) mass is 349 g/mol. The zero-order chi connectivity index (χ0) is 18.5. The van der Waals surface area contributed by atoms with Crippen LogP contribution in [0.4, 0.5) is 5.69 Å². The van der Waals surface area contributed by atoms with Gasteiger partial charge in [-0.1, -0.05) is 51.1 Å². The molecule has 2 atom stereocenters. The van der Waals surface area contributed by atoms with Gasteiger partial charge >= 0.3 is 0 Å². The van der Waals surface area contributed by atoms with E-state index in [1.807, 2.05) is 30.3 Å². The molecule has 0 spiro atoms. The molecule has 0 aliphatic carbocycles. The van der Waals surface area contributed by atoms with Crippen LogP contribution in [0.3, 0.4) is 0 Å². The molecule has 26 heavy (non-hydrogen) atoms. The predicted molar refractivity (Wildman–Crippen MR) is 107 cm³/mol. The van der Waals surface area contributed by atoms with Gasteiger partial charge in [0.1, 0.15) is 11.9 Å². The lowest BCUT2D eigenvalue weighted by atomic mass is 9.97. The number of ether oxygens (including phenoxy) is 1. The molecule has 4 nitrogen and oxygen atoms in total. The number of para-hydroxylation sites is 1. The topological polar surface area (TPSA) is 63.9 Å². The number of H-pyrrole nitrogens is 1. The van der Waals surface area contributed by atoms with Crippen molar-refractivity contribution in [3.8, 4) is 17.0 Å². The number of nitrogens with two attached hydrogens (primary N) is 1. The smallest absolute Gasteiger partial charge is 0.140 e. The highest BCUT2D eigenvalue weighted by atomic mass is 16.5. The second kappa shape index (κ2) is 8.09. The predicted octanol–water partition coefficient (Wildman–Crippen LogP) is 5.70. The fourth-order valence-electron chi connectivity index (χ4n) is 3.04. The summed E-state index contributed by atoms with van der Waals surface area (Å²) in [6.07, 6.45) is 1.89. The molecule has 2 aromatic carbocycles. The number of nitrogens with zero attached hydrogens (tertiary/aromatic N) is 1. The van der Waals surface area contributed by atoms with Crippen LogP contribution in [-0.2, 0) is 0 Å². The quantitative estimate of drug-likeness (QED) is 0.538. The first-order chi connectivity index (χ1) is 12.6. The van der Waals surface area contributed by atoms with E-state index in [4.69, 9.17) is 10.5 Å². The first-order valence-corrected chi connectivity index (χ1v) is 9.29. The van der Waals surface area contributed by atoms with Gasteiger partial charge in [0.05, 0.1) is 11.4 Å². The average Bonchev–Trinajstić information content (AvgIpc) is 3.16. The molecule has 0 amide bonds. The van der Waals surface area contributed by atoms with E-state index >= 15 is 0 Å². The molecule has 1 aromatic heterocycles. The van der Waals surface area contributed by atoms with Gasteiger partial charge in [-0.25, -0.2) is 0 Å². The molecule has 1 heterocycles. The molecule has 136 valence electrons. The molecule has 0 saturated heterocycles. The molecule has 2 unspecified atom stereocenters. The lowest BCUT2D eigenvalue weighted by Crippen LogP contribution is -2.09. The van der Waals surface area contributed by atoms with Gasteiger partial charge in [-0.05, 0) is 48.6 Å². The van der Waals surface area contributed by atoms with Crippen molar-refractivity contribution in [2.75, 3.05) is 5.73 Å². The van der Waals surface area contributed by atoms with E-state index in [1.165, 1.54) is 5.56 Å². The van der Waals surface area contributed by atoms with Crippen LogP contribution < -0.4 is 10.5 Å². The molecule has 0 aliphatic heterocycles.